The lowest BCUT2D eigenvalue weighted by molar-refractivity contribution is 0.201. The topological polar surface area (TPSA) is 29.5 Å². The number of benzene rings is 2. The first-order valence-electron chi connectivity index (χ1n) is 6.89. The fourth-order valence-electron chi connectivity index (χ4n) is 2.61. The van der Waals surface area contributed by atoms with Crippen LogP contribution >= 0.6 is 0 Å². The first kappa shape index (κ1) is 14.6. The minimum Gasteiger partial charge on any atom is -0.496 e. The van der Waals surface area contributed by atoms with Gasteiger partial charge in [-0.25, -0.2) is 0 Å². The Morgan fingerprint density at radius 1 is 1.05 bits per heavy atom. The largest absolute Gasteiger partial charge is 0.496 e. The molecule has 0 radical (unpaired) electrons. The highest BCUT2D eigenvalue weighted by atomic mass is 16.5. The fourth-order valence-corrected chi connectivity index (χ4v) is 2.61. The minimum atomic E-state index is -0.348. The van der Waals surface area contributed by atoms with Gasteiger partial charge in [0.25, 0.3) is 0 Å². The highest BCUT2D eigenvalue weighted by Crippen LogP contribution is 2.34. The van der Waals surface area contributed by atoms with Gasteiger partial charge >= 0.3 is 0 Å². The van der Waals surface area contributed by atoms with Crippen molar-refractivity contribution in [3.05, 3.63) is 65.2 Å². The number of ether oxygens (including phenoxy) is 1. The Labute approximate surface area is 121 Å². The summed E-state index contributed by atoms with van der Waals surface area (Å²) in [6.45, 7) is 4.27. The van der Waals surface area contributed by atoms with Crippen LogP contribution in [-0.4, -0.2) is 18.8 Å². The zero-order chi connectivity index (χ0) is 14.6. The van der Waals surface area contributed by atoms with E-state index in [4.69, 9.17) is 4.74 Å². The number of hydrogen-bond donors (Lipinski definition) is 1. The van der Waals surface area contributed by atoms with Crippen molar-refractivity contribution >= 4 is 0 Å². The van der Waals surface area contributed by atoms with E-state index in [2.05, 4.69) is 26.0 Å². The third-order valence-corrected chi connectivity index (χ3v) is 3.95. The Kier molecular flexibility index (Phi) is 4.46. The van der Waals surface area contributed by atoms with Crippen LogP contribution in [0.5, 0.6) is 5.75 Å². The summed E-state index contributed by atoms with van der Waals surface area (Å²) in [4.78, 5) is 0. The number of rotatable bonds is 5. The molecule has 0 fully saturated rings. The average Bonchev–Trinajstić information content (AvgIpc) is 2.49. The first-order chi connectivity index (χ1) is 9.60. The van der Waals surface area contributed by atoms with Crippen LogP contribution in [0.25, 0.3) is 0 Å². The Morgan fingerprint density at radius 3 is 2.35 bits per heavy atom. The molecule has 2 aromatic rings. The zero-order valence-corrected chi connectivity index (χ0v) is 12.4. The van der Waals surface area contributed by atoms with Crippen molar-refractivity contribution in [2.75, 3.05) is 13.7 Å². The monoisotopic (exact) mass is 270 g/mol. The molecule has 1 N–H and O–H groups in total. The molecule has 2 heteroatoms. The molecule has 1 unspecified atom stereocenters. The number of para-hydroxylation sites is 1. The summed E-state index contributed by atoms with van der Waals surface area (Å²) < 4.78 is 5.45. The normalized spacial score (nSPS) is 13.8. The molecule has 0 aliphatic carbocycles. The molecular formula is C18H22O2. The summed E-state index contributed by atoms with van der Waals surface area (Å²) in [5.74, 6) is 0.831. The van der Waals surface area contributed by atoms with Gasteiger partial charge in [0.2, 0.25) is 0 Å². The quantitative estimate of drug-likeness (QED) is 0.901. The summed E-state index contributed by atoms with van der Waals surface area (Å²) in [7, 11) is 1.67. The van der Waals surface area contributed by atoms with E-state index in [1.165, 1.54) is 11.1 Å². The molecule has 0 spiro atoms. The van der Waals surface area contributed by atoms with Gasteiger partial charge in [0.05, 0.1) is 13.7 Å². The Balaban J connectivity index is 2.41. The van der Waals surface area contributed by atoms with Gasteiger partial charge in [-0.15, -0.1) is 0 Å². The van der Waals surface area contributed by atoms with Crippen LogP contribution in [0.4, 0.5) is 0 Å². The van der Waals surface area contributed by atoms with Crippen LogP contribution in [0.1, 0.15) is 23.6 Å². The van der Waals surface area contributed by atoms with Crippen molar-refractivity contribution < 1.29 is 9.84 Å². The summed E-state index contributed by atoms with van der Waals surface area (Å²) in [5, 5.41) is 9.96. The SMILES string of the molecule is COc1ccccc1C(C)(CO)Cc1ccccc1C. The van der Waals surface area contributed by atoms with Crippen LogP contribution in [0, 0.1) is 6.92 Å². The number of methoxy groups -OCH3 is 1. The lowest BCUT2D eigenvalue weighted by Gasteiger charge is -2.30. The van der Waals surface area contributed by atoms with Crippen LogP contribution in [0.15, 0.2) is 48.5 Å². The van der Waals surface area contributed by atoms with Crippen LogP contribution in [0.2, 0.25) is 0 Å². The maximum atomic E-state index is 9.96. The Morgan fingerprint density at radius 2 is 1.70 bits per heavy atom. The van der Waals surface area contributed by atoms with Crippen molar-refractivity contribution in [1.29, 1.82) is 0 Å². The van der Waals surface area contributed by atoms with Crippen molar-refractivity contribution in [2.45, 2.75) is 25.7 Å². The number of aryl methyl sites for hydroxylation is 1. The van der Waals surface area contributed by atoms with Crippen molar-refractivity contribution in [2.24, 2.45) is 0 Å². The molecule has 20 heavy (non-hydrogen) atoms. The predicted molar refractivity (Wildman–Crippen MR) is 82.3 cm³/mol. The van der Waals surface area contributed by atoms with Gasteiger partial charge in [0.15, 0.2) is 0 Å². The highest BCUT2D eigenvalue weighted by molar-refractivity contribution is 5.41. The van der Waals surface area contributed by atoms with E-state index in [9.17, 15) is 5.11 Å². The Bertz CT molecular complexity index is 577. The molecular weight excluding hydrogens is 248 g/mol. The van der Waals surface area contributed by atoms with Crippen LogP contribution in [-0.2, 0) is 11.8 Å². The zero-order valence-electron chi connectivity index (χ0n) is 12.4. The summed E-state index contributed by atoms with van der Waals surface area (Å²) >= 11 is 0. The molecule has 0 bridgehead atoms. The second-order valence-electron chi connectivity index (χ2n) is 5.52. The number of hydrogen-bond acceptors (Lipinski definition) is 2. The van der Waals surface area contributed by atoms with E-state index in [0.29, 0.717) is 0 Å². The van der Waals surface area contributed by atoms with Crippen molar-refractivity contribution in [3.63, 3.8) is 0 Å². The van der Waals surface area contributed by atoms with Gasteiger partial charge in [-0.05, 0) is 30.5 Å². The van der Waals surface area contributed by atoms with E-state index in [-0.39, 0.29) is 12.0 Å². The molecule has 0 amide bonds. The van der Waals surface area contributed by atoms with Gasteiger partial charge < -0.3 is 9.84 Å². The van der Waals surface area contributed by atoms with Crippen molar-refractivity contribution in [1.82, 2.24) is 0 Å². The molecule has 0 aliphatic rings. The minimum absolute atomic E-state index is 0.0850. The second-order valence-corrected chi connectivity index (χ2v) is 5.52. The molecule has 0 aromatic heterocycles. The first-order valence-corrected chi connectivity index (χ1v) is 6.89. The number of aliphatic hydroxyl groups is 1. The smallest absolute Gasteiger partial charge is 0.122 e. The van der Waals surface area contributed by atoms with Crippen molar-refractivity contribution in [3.8, 4) is 5.75 Å². The molecule has 1 atom stereocenters. The maximum Gasteiger partial charge on any atom is 0.122 e. The van der Waals surface area contributed by atoms with Crippen LogP contribution < -0.4 is 4.74 Å². The van der Waals surface area contributed by atoms with Crippen LogP contribution in [0.3, 0.4) is 0 Å². The van der Waals surface area contributed by atoms with Gasteiger partial charge in [0.1, 0.15) is 5.75 Å². The molecule has 0 heterocycles. The van der Waals surface area contributed by atoms with E-state index in [1.54, 1.807) is 7.11 Å². The van der Waals surface area contributed by atoms with E-state index in [1.807, 2.05) is 36.4 Å². The molecule has 0 saturated heterocycles. The average molecular weight is 270 g/mol. The molecule has 2 rings (SSSR count). The summed E-state index contributed by atoms with van der Waals surface area (Å²) in [6.07, 6.45) is 0.788. The summed E-state index contributed by atoms with van der Waals surface area (Å²) in [6, 6.07) is 16.2. The van der Waals surface area contributed by atoms with Gasteiger partial charge in [-0.2, -0.15) is 0 Å². The molecule has 2 aromatic carbocycles. The number of aliphatic hydroxyl groups excluding tert-OH is 1. The lowest BCUT2D eigenvalue weighted by Crippen LogP contribution is -2.30. The third kappa shape index (κ3) is 2.86. The van der Waals surface area contributed by atoms with E-state index in [0.717, 1.165) is 17.7 Å². The predicted octanol–water partition coefficient (Wildman–Crippen LogP) is 3.50. The second kappa shape index (κ2) is 6.10. The van der Waals surface area contributed by atoms with Gasteiger partial charge in [0, 0.05) is 11.0 Å². The van der Waals surface area contributed by atoms with Gasteiger partial charge in [-0.1, -0.05) is 49.4 Å². The molecule has 2 nitrogen and oxygen atoms in total. The highest BCUT2D eigenvalue weighted by Gasteiger charge is 2.29. The molecule has 106 valence electrons. The van der Waals surface area contributed by atoms with E-state index < -0.39 is 0 Å². The fraction of sp³-hybridized carbons (Fsp3) is 0.333. The molecule has 0 saturated carbocycles. The molecule has 0 aliphatic heterocycles. The summed E-state index contributed by atoms with van der Waals surface area (Å²) in [5.41, 5.74) is 3.21. The lowest BCUT2D eigenvalue weighted by atomic mass is 9.77. The van der Waals surface area contributed by atoms with Gasteiger partial charge in [-0.3, -0.25) is 0 Å². The third-order valence-electron chi connectivity index (χ3n) is 3.95. The van der Waals surface area contributed by atoms with E-state index >= 15 is 0 Å². The maximum absolute atomic E-state index is 9.96. The Hall–Kier alpha value is -1.80. The standard InChI is InChI=1S/C18H22O2/c1-14-8-4-5-9-15(14)12-18(2,13-19)16-10-6-7-11-17(16)20-3/h4-11,19H,12-13H2,1-3H3.